The van der Waals surface area contributed by atoms with Crippen LogP contribution in [0.5, 0.6) is 0 Å². The predicted octanol–water partition coefficient (Wildman–Crippen LogP) is 4.34. The van der Waals surface area contributed by atoms with Gasteiger partial charge in [-0.2, -0.15) is 0 Å². The molecule has 4 nitrogen and oxygen atoms in total. The Morgan fingerprint density at radius 2 is 1.97 bits per heavy atom. The van der Waals surface area contributed by atoms with Gasteiger partial charge >= 0.3 is 0 Å². The zero-order valence-corrected chi connectivity index (χ0v) is 19.1. The highest BCUT2D eigenvalue weighted by Crippen LogP contribution is 2.21. The van der Waals surface area contributed by atoms with Crippen LogP contribution in [0.2, 0.25) is 5.02 Å². The van der Waals surface area contributed by atoms with Crippen molar-refractivity contribution in [3.8, 4) is 12.3 Å². The third-order valence-electron chi connectivity index (χ3n) is 4.86. The minimum atomic E-state index is -0.695. The van der Waals surface area contributed by atoms with Gasteiger partial charge in [-0.1, -0.05) is 53.9 Å². The Morgan fingerprint density at radius 1 is 1.28 bits per heavy atom. The number of aliphatic imine (C=N–C) groups is 1. The van der Waals surface area contributed by atoms with Gasteiger partial charge in [0.15, 0.2) is 5.96 Å². The number of nitrogens with one attached hydrogen (secondary N) is 1. The van der Waals surface area contributed by atoms with Crippen LogP contribution in [0, 0.1) is 18.2 Å². The second-order valence-electron chi connectivity index (χ2n) is 6.92. The number of guanidine groups is 1. The normalized spacial score (nSPS) is 16.5. The van der Waals surface area contributed by atoms with Gasteiger partial charge in [0.1, 0.15) is 11.9 Å². The number of halogens is 3. The van der Waals surface area contributed by atoms with Crippen LogP contribution in [0.15, 0.2) is 53.5 Å². The van der Waals surface area contributed by atoms with Gasteiger partial charge in [0, 0.05) is 30.2 Å². The zero-order valence-electron chi connectivity index (χ0n) is 16.0. The Hall–Kier alpha value is -1.82. The molecule has 0 spiro atoms. The largest absolute Gasteiger partial charge is 0.370 e. The number of nitrogens with zero attached hydrogens (tertiary/aromatic N) is 2. The molecule has 1 aliphatic heterocycles. The van der Waals surface area contributed by atoms with Crippen molar-refractivity contribution in [2.24, 2.45) is 10.7 Å². The number of terminal acetylenes is 1. The molecular formula is C22H25ClFIN4. The molecule has 0 saturated carbocycles. The first-order valence-corrected chi connectivity index (χ1v) is 9.70. The summed E-state index contributed by atoms with van der Waals surface area (Å²) in [5.41, 5.74) is 7.67. The third kappa shape index (κ3) is 6.88. The van der Waals surface area contributed by atoms with Gasteiger partial charge in [0.25, 0.3) is 0 Å². The molecule has 0 aliphatic carbocycles. The molecule has 1 atom stereocenters. The Morgan fingerprint density at radius 3 is 2.59 bits per heavy atom. The van der Waals surface area contributed by atoms with E-state index in [0.717, 1.165) is 32.5 Å². The van der Waals surface area contributed by atoms with Crippen molar-refractivity contribution in [2.75, 3.05) is 13.1 Å². The number of nitrogens with two attached hydrogens (primary N) is 1. The predicted molar refractivity (Wildman–Crippen MR) is 128 cm³/mol. The van der Waals surface area contributed by atoms with E-state index in [1.807, 2.05) is 6.07 Å². The Labute approximate surface area is 193 Å². The highest BCUT2D eigenvalue weighted by atomic mass is 127. The highest BCUT2D eigenvalue weighted by Gasteiger charge is 2.20. The molecule has 3 rings (SSSR count). The summed E-state index contributed by atoms with van der Waals surface area (Å²) in [5.74, 6) is 2.29. The first-order valence-electron chi connectivity index (χ1n) is 9.32. The molecule has 0 bridgehead atoms. The quantitative estimate of drug-likeness (QED) is 0.264. The highest BCUT2D eigenvalue weighted by molar-refractivity contribution is 14.0. The minimum Gasteiger partial charge on any atom is -0.370 e. The molecule has 0 radical (unpaired) electrons. The monoisotopic (exact) mass is 526 g/mol. The van der Waals surface area contributed by atoms with Gasteiger partial charge in [-0.05, 0) is 30.5 Å². The van der Waals surface area contributed by atoms with Gasteiger partial charge in [0.05, 0.1) is 6.04 Å². The van der Waals surface area contributed by atoms with Crippen LogP contribution >= 0.6 is 35.6 Å². The second kappa shape index (κ2) is 11.4. The van der Waals surface area contributed by atoms with Crippen LogP contribution in [-0.4, -0.2) is 30.0 Å². The fourth-order valence-electron chi connectivity index (χ4n) is 3.37. The van der Waals surface area contributed by atoms with Crippen molar-refractivity contribution in [1.82, 2.24) is 10.2 Å². The number of benzene rings is 2. The molecule has 1 fully saturated rings. The van der Waals surface area contributed by atoms with Crippen LogP contribution < -0.4 is 11.1 Å². The lowest BCUT2D eigenvalue weighted by Gasteiger charge is -2.30. The van der Waals surface area contributed by atoms with Gasteiger partial charge in [-0.3, -0.25) is 4.90 Å². The molecule has 2 aromatic carbocycles. The lowest BCUT2D eigenvalue weighted by molar-refractivity contribution is 0.206. The average Bonchev–Trinajstić information content (AvgIpc) is 2.69. The summed E-state index contributed by atoms with van der Waals surface area (Å²) >= 11 is 5.80. The van der Waals surface area contributed by atoms with Crippen LogP contribution in [0.25, 0.3) is 0 Å². The molecule has 0 amide bonds. The van der Waals surface area contributed by atoms with E-state index in [0.29, 0.717) is 10.6 Å². The summed E-state index contributed by atoms with van der Waals surface area (Å²) in [7, 11) is 0. The van der Waals surface area contributed by atoms with E-state index >= 15 is 0 Å². The average molecular weight is 527 g/mol. The third-order valence-corrected chi connectivity index (χ3v) is 5.10. The minimum absolute atomic E-state index is 0. The maximum atomic E-state index is 14.1. The van der Waals surface area contributed by atoms with E-state index in [4.69, 9.17) is 23.8 Å². The Balaban J connectivity index is 0.00000300. The van der Waals surface area contributed by atoms with Crippen LogP contribution in [-0.2, 0) is 6.54 Å². The Bertz CT molecular complexity index is 861. The topological polar surface area (TPSA) is 53.6 Å². The Kier molecular flexibility index (Phi) is 9.21. The molecule has 3 N–H and O–H groups in total. The summed E-state index contributed by atoms with van der Waals surface area (Å²) in [5, 5.41) is 3.26. The summed E-state index contributed by atoms with van der Waals surface area (Å²) in [6, 6.07) is 14.3. The molecule has 1 aliphatic rings. The van der Waals surface area contributed by atoms with Gasteiger partial charge < -0.3 is 11.1 Å². The summed E-state index contributed by atoms with van der Waals surface area (Å²) < 4.78 is 14.1. The van der Waals surface area contributed by atoms with Crippen LogP contribution in [0.4, 0.5) is 4.39 Å². The van der Waals surface area contributed by atoms with E-state index in [1.165, 1.54) is 11.6 Å². The number of hydrogen-bond donors (Lipinski definition) is 2. The van der Waals surface area contributed by atoms with Crippen molar-refractivity contribution in [3.05, 3.63) is 70.5 Å². The lowest BCUT2D eigenvalue weighted by atomic mass is 10.0. The second-order valence-corrected chi connectivity index (χ2v) is 7.35. The van der Waals surface area contributed by atoms with E-state index < -0.39 is 11.9 Å². The van der Waals surface area contributed by atoms with Crippen LogP contribution in [0.3, 0.4) is 0 Å². The summed E-state index contributed by atoms with van der Waals surface area (Å²) in [4.78, 5) is 6.97. The molecule has 1 saturated heterocycles. The molecular weight excluding hydrogens is 502 g/mol. The molecule has 29 heavy (non-hydrogen) atoms. The fourth-order valence-corrected chi connectivity index (χ4v) is 3.53. The standard InChI is InChI=1S/C22H24ClFN4.HI/c1-2-21(19-9-8-17(23)14-20(19)24)27-22(25)26-18-10-12-28(13-11-18)15-16-6-4-3-5-7-16;/h1,3-9,14,18,21H,10-13,15H2,(H3,25,26,27);1H. The van der Waals surface area contributed by atoms with Crippen molar-refractivity contribution >= 4 is 41.5 Å². The van der Waals surface area contributed by atoms with Gasteiger partial charge in [0.2, 0.25) is 0 Å². The first-order chi connectivity index (χ1) is 13.5. The molecule has 7 heteroatoms. The number of hydrogen-bond acceptors (Lipinski definition) is 2. The van der Waals surface area contributed by atoms with E-state index in [9.17, 15) is 4.39 Å². The van der Waals surface area contributed by atoms with Crippen molar-refractivity contribution in [1.29, 1.82) is 0 Å². The van der Waals surface area contributed by atoms with Gasteiger partial charge in [-0.15, -0.1) is 30.4 Å². The molecule has 0 aromatic heterocycles. The molecule has 1 heterocycles. The van der Waals surface area contributed by atoms with Crippen molar-refractivity contribution in [2.45, 2.75) is 31.5 Å². The van der Waals surface area contributed by atoms with Gasteiger partial charge in [-0.25, -0.2) is 9.38 Å². The number of piperidine rings is 1. The number of rotatable bonds is 5. The van der Waals surface area contributed by atoms with E-state index in [1.54, 1.807) is 12.1 Å². The summed E-state index contributed by atoms with van der Waals surface area (Å²) in [6.07, 6.45) is 7.40. The zero-order chi connectivity index (χ0) is 19.9. The molecule has 154 valence electrons. The maximum absolute atomic E-state index is 14.1. The SMILES string of the molecule is C#CC(NC(N)=NC1CCN(Cc2ccccc2)CC1)c1ccc(Cl)cc1F.I. The van der Waals surface area contributed by atoms with E-state index in [-0.39, 0.29) is 36.0 Å². The first kappa shape index (κ1) is 23.5. The smallest absolute Gasteiger partial charge is 0.190 e. The fraction of sp³-hybridized carbons (Fsp3) is 0.318. The molecule has 2 aromatic rings. The summed E-state index contributed by atoms with van der Waals surface area (Å²) in [6.45, 7) is 2.86. The van der Waals surface area contributed by atoms with Crippen molar-refractivity contribution in [3.63, 3.8) is 0 Å². The van der Waals surface area contributed by atoms with Crippen LogP contribution in [0.1, 0.15) is 30.0 Å². The lowest BCUT2D eigenvalue weighted by Crippen LogP contribution is -2.39. The maximum Gasteiger partial charge on any atom is 0.190 e. The number of likely N-dealkylation sites (tertiary alicyclic amines) is 1. The molecule has 1 unspecified atom stereocenters. The van der Waals surface area contributed by atoms with Crippen molar-refractivity contribution < 1.29 is 4.39 Å². The van der Waals surface area contributed by atoms with E-state index in [2.05, 4.69) is 45.4 Å².